The van der Waals surface area contributed by atoms with Gasteiger partial charge in [-0.25, -0.2) is 0 Å². The number of aliphatic hydroxyl groups excluding tert-OH is 1. The smallest absolute Gasteiger partial charge is 0.0556 e. The van der Waals surface area contributed by atoms with Crippen LogP contribution in [0.1, 0.15) is 20.3 Å². The number of nitrogens with zero attached hydrogens (tertiary/aromatic N) is 1. The summed E-state index contributed by atoms with van der Waals surface area (Å²) in [7, 11) is 0. The van der Waals surface area contributed by atoms with Crippen molar-refractivity contribution in [2.24, 2.45) is 0 Å². The Morgan fingerprint density at radius 2 is 2.33 bits per heavy atom. The van der Waals surface area contributed by atoms with Crippen molar-refractivity contribution in [1.29, 1.82) is 0 Å². The first kappa shape index (κ1) is 9.96. The van der Waals surface area contributed by atoms with E-state index < -0.39 is 0 Å². The molecule has 0 aromatic rings. The predicted molar refractivity (Wildman–Crippen MR) is 50.2 cm³/mol. The molecule has 0 saturated carbocycles. The molecule has 0 amide bonds. The fourth-order valence-electron chi connectivity index (χ4n) is 1.69. The van der Waals surface area contributed by atoms with Gasteiger partial charge in [0.25, 0.3) is 0 Å². The maximum Gasteiger partial charge on any atom is 0.0556 e. The highest BCUT2D eigenvalue weighted by atomic mass is 16.3. The van der Waals surface area contributed by atoms with Crippen LogP contribution in [0, 0.1) is 0 Å². The Morgan fingerprint density at radius 1 is 1.58 bits per heavy atom. The molecule has 1 atom stereocenters. The second kappa shape index (κ2) is 4.80. The Morgan fingerprint density at radius 3 is 2.83 bits per heavy atom. The van der Waals surface area contributed by atoms with Crippen LogP contribution < -0.4 is 5.32 Å². The Balaban J connectivity index is 2.17. The van der Waals surface area contributed by atoms with E-state index in [1.54, 1.807) is 0 Å². The minimum Gasteiger partial charge on any atom is -0.395 e. The van der Waals surface area contributed by atoms with Crippen molar-refractivity contribution >= 4 is 0 Å². The Labute approximate surface area is 74.8 Å². The van der Waals surface area contributed by atoms with E-state index in [1.165, 1.54) is 13.0 Å². The van der Waals surface area contributed by atoms with Crippen LogP contribution in [0.3, 0.4) is 0 Å². The van der Waals surface area contributed by atoms with Gasteiger partial charge in [-0.3, -0.25) is 4.90 Å². The van der Waals surface area contributed by atoms with E-state index in [0.29, 0.717) is 12.1 Å². The summed E-state index contributed by atoms with van der Waals surface area (Å²) in [6, 6.07) is 1.26. The number of rotatable bonds is 4. The molecule has 0 unspecified atom stereocenters. The second-order valence-corrected chi connectivity index (χ2v) is 3.75. The summed E-state index contributed by atoms with van der Waals surface area (Å²) >= 11 is 0. The van der Waals surface area contributed by atoms with Crippen LogP contribution in [0.25, 0.3) is 0 Å². The average molecular weight is 172 g/mol. The standard InChI is InChI=1S/C9H20N2O/c1-8(2)11-5-3-9(7-11)10-4-6-12/h8-10,12H,3-7H2,1-2H3/t9-/m0/s1. The number of aliphatic hydroxyl groups is 1. The fraction of sp³-hybridized carbons (Fsp3) is 1.00. The Bertz CT molecular complexity index is 128. The van der Waals surface area contributed by atoms with E-state index in [9.17, 15) is 0 Å². The molecule has 0 aromatic heterocycles. The second-order valence-electron chi connectivity index (χ2n) is 3.75. The van der Waals surface area contributed by atoms with Crippen LogP contribution in [-0.2, 0) is 0 Å². The summed E-state index contributed by atoms with van der Waals surface area (Å²) in [5.74, 6) is 0. The first-order chi connectivity index (χ1) is 5.74. The van der Waals surface area contributed by atoms with Gasteiger partial charge in [-0.05, 0) is 26.8 Å². The molecule has 1 fully saturated rings. The molecule has 2 N–H and O–H groups in total. The predicted octanol–water partition coefficient (Wildman–Crippen LogP) is 0.0510. The number of hydrogen-bond donors (Lipinski definition) is 2. The van der Waals surface area contributed by atoms with Crippen molar-refractivity contribution < 1.29 is 5.11 Å². The van der Waals surface area contributed by atoms with Crippen LogP contribution >= 0.6 is 0 Å². The molecule has 1 heterocycles. The van der Waals surface area contributed by atoms with E-state index in [2.05, 4.69) is 24.1 Å². The Hall–Kier alpha value is -0.120. The highest BCUT2D eigenvalue weighted by Crippen LogP contribution is 2.11. The Kier molecular flexibility index (Phi) is 3.98. The van der Waals surface area contributed by atoms with Crippen LogP contribution in [0.15, 0.2) is 0 Å². The van der Waals surface area contributed by atoms with Crippen molar-refractivity contribution in [1.82, 2.24) is 10.2 Å². The monoisotopic (exact) mass is 172 g/mol. The summed E-state index contributed by atoms with van der Waals surface area (Å²) in [4.78, 5) is 2.47. The summed E-state index contributed by atoms with van der Waals surface area (Å²) in [6.45, 7) is 7.77. The minimum absolute atomic E-state index is 0.248. The van der Waals surface area contributed by atoms with Crippen LogP contribution in [0.4, 0.5) is 0 Å². The highest BCUT2D eigenvalue weighted by molar-refractivity contribution is 4.82. The van der Waals surface area contributed by atoms with Crippen LogP contribution in [0.2, 0.25) is 0 Å². The highest BCUT2D eigenvalue weighted by Gasteiger charge is 2.22. The zero-order valence-electron chi connectivity index (χ0n) is 8.08. The lowest BCUT2D eigenvalue weighted by Crippen LogP contribution is -2.36. The molecule has 0 aromatic carbocycles. The van der Waals surface area contributed by atoms with Gasteiger partial charge in [-0.15, -0.1) is 0 Å². The molecule has 1 rings (SSSR count). The van der Waals surface area contributed by atoms with Crippen LogP contribution in [0.5, 0.6) is 0 Å². The van der Waals surface area contributed by atoms with Gasteiger partial charge >= 0.3 is 0 Å². The van der Waals surface area contributed by atoms with E-state index >= 15 is 0 Å². The lowest BCUT2D eigenvalue weighted by molar-refractivity contribution is 0.259. The van der Waals surface area contributed by atoms with Gasteiger partial charge < -0.3 is 10.4 Å². The van der Waals surface area contributed by atoms with Crippen molar-refractivity contribution in [2.45, 2.75) is 32.4 Å². The van der Waals surface area contributed by atoms with Gasteiger partial charge in [-0.1, -0.05) is 0 Å². The molecule has 0 spiro atoms. The van der Waals surface area contributed by atoms with Gasteiger partial charge in [0.1, 0.15) is 0 Å². The van der Waals surface area contributed by atoms with Crippen molar-refractivity contribution in [3.63, 3.8) is 0 Å². The molecular formula is C9H20N2O. The lowest BCUT2D eigenvalue weighted by Gasteiger charge is -2.20. The molecule has 0 aliphatic carbocycles. The number of nitrogens with one attached hydrogen (secondary N) is 1. The lowest BCUT2D eigenvalue weighted by atomic mass is 10.2. The molecule has 3 nitrogen and oxygen atoms in total. The first-order valence-corrected chi connectivity index (χ1v) is 4.82. The number of likely N-dealkylation sites (tertiary alicyclic amines) is 1. The zero-order valence-corrected chi connectivity index (χ0v) is 8.08. The molecule has 1 aliphatic rings. The summed E-state index contributed by atoms with van der Waals surface area (Å²) < 4.78 is 0. The van der Waals surface area contributed by atoms with E-state index in [1.807, 2.05) is 0 Å². The molecule has 1 aliphatic heterocycles. The van der Waals surface area contributed by atoms with Gasteiger partial charge in [0, 0.05) is 25.2 Å². The largest absolute Gasteiger partial charge is 0.395 e. The molecule has 0 radical (unpaired) electrons. The fourth-order valence-corrected chi connectivity index (χ4v) is 1.69. The normalized spacial score (nSPS) is 25.5. The van der Waals surface area contributed by atoms with Gasteiger partial charge in [-0.2, -0.15) is 0 Å². The minimum atomic E-state index is 0.248. The number of hydrogen-bond acceptors (Lipinski definition) is 3. The quantitative estimate of drug-likeness (QED) is 0.629. The zero-order chi connectivity index (χ0) is 8.97. The summed E-state index contributed by atoms with van der Waals surface area (Å²) in [6.07, 6.45) is 1.22. The molecule has 72 valence electrons. The maximum absolute atomic E-state index is 8.63. The van der Waals surface area contributed by atoms with E-state index in [4.69, 9.17) is 5.11 Å². The first-order valence-electron chi connectivity index (χ1n) is 4.82. The van der Waals surface area contributed by atoms with Gasteiger partial charge in [0.05, 0.1) is 6.61 Å². The molecule has 3 heteroatoms. The third kappa shape index (κ3) is 2.73. The average Bonchev–Trinajstić information content (AvgIpc) is 2.48. The van der Waals surface area contributed by atoms with Crippen LogP contribution in [-0.4, -0.2) is 48.3 Å². The van der Waals surface area contributed by atoms with E-state index in [0.717, 1.165) is 13.1 Å². The van der Waals surface area contributed by atoms with Gasteiger partial charge in [0.2, 0.25) is 0 Å². The molecule has 12 heavy (non-hydrogen) atoms. The van der Waals surface area contributed by atoms with E-state index in [-0.39, 0.29) is 6.61 Å². The van der Waals surface area contributed by atoms with Crippen molar-refractivity contribution in [2.75, 3.05) is 26.2 Å². The molecule has 1 saturated heterocycles. The topological polar surface area (TPSA) is 35.5 Å². The molecule has 0 bridgehead atoms. The molecular weight excluding hydrogens is 152 g/mol. The SMILES string of the molecule is CC(C)N1CC[C@H](NCCO)C1. The van der Waals surface area contributed by atoms with Gasteiger partial charge in [0.15, 0.2) is 0 Å². The summed E-state index contributed by atoms with van der Waals surface area (Å²) in [5.41, 5.74) is 0. The third-order valence-corrected chi connectivity index (χ3v) is 2.49. The van der Waals surface area contributed by atoms with Crippen molar-refractivity contribution in [3.05, 3.63) is 0 Å². The summed E-state index contributed by atoms with van der Waals surface area (Å²) in [5, 5.41) is 12.0. The van der Waals surface area contributed by atoms with Crippen molar-refractivity contribution in [3.8, 4) is 0 Å². The third-order valence-electron chi connectivity index (χ3n) is 2.49. The maximum atomic E-state index is 8.63.